The second kappa shape index (κ2) is 5.09. The van der Waals surface area contributed by atoms with Gasteiger partial charge in [0.1, 0.15) is 0 Å². The van der Waals surface area contributed by atoms with Crippen LogP contribution in [0.3, 0.4) is 0 Å². The zero-order chi connectivity index (χ0) is 11.7. The van der Waals surface area contributed by atoms with Crippen molar-refractivity contribution in [3.63, 3.8) is 0 Å². The molecule has 94 valence electrons. The second-order valence-corrected chi connectivity index (χ2v) is 6.28. The van der Waals surface area contributed by atoms with E-state index >= 15 is 0 Å². The minimum absolute atomic E-state index is 0.0338. The third kappa shape index (κ3) is 2.90. The van der Waals surface area contributed by atoms with Crippen LogP contribution in [0.25, 0.3) is 0 Å². The van der Waals surface area contributed by atoms with Crippen molar-refractivity contribution in [3.05, 3.63) is 22.4 Å². The number of nitrogens with zero attached hydrogens (tertiary/aromatic N) is 1. The van der Waals surface area contributed by atoms with Gasteiger partial charge in [-0.1, -0.05) is 0 Å². The van der Waals surface area contributed by atoms with Crippen LogP contribution >= 0.6 is 11.3 Å². The Bertz CT molecular complexity index is 339. The molecule has 2 nitrogen and oxygen atoms in total. The summed E-state index contributed by atoms with van der Waals surface area (Å²) in [7, 11) is 0. The monoisotopic (exact) mass is 251 g/mol. The molecule has 1 aromatic rings. The molecule has 3 heteroatoms. The molecular formula is C14H21NOS. The van der Waals surface area contributed by atoms with Crippen LogP contribution in [0.5, 0.6) is 0 Å². The van der Waals surface area contributed by atoms with Gasteiger partial charge in [-0.25, -0.2) is 0 Å². The SMILES string of the molecule is OC1CCC(N(Cc2ccsc2)C2CC2)CC1. The van der Waals surface area contributed by atoms with Gasteiger partial charge in [-0.2, -0.15) is 11.3 Å². The number of hydrogen-bond donors (Lipinski definition) is 1. The Balaban J connectivity index is 1.63. The molecule has 0 amide bonds. The smallest absolute Gasteiger partial charge is 0.0541 e. The maximum absolute atomic E-state index is 9.60. The van der Waals surface area contributed by atoms with E-state index in [1.807, 2.05) is 0 Å². The molecule has 1 aromatic heterocycles. The van der Waals surface area contributed by atoms with Crippen molar-refractivity contribution >= 4 is 11.3 Å². The lowest BCUT2D eigenvalue weighted by atomic mass is 9.91. The van der Waals surface area contributed by atoms with Crippen molar-refractivity contribution < 1.29 is 5.11 Å². The number of hydrogen-bond acceptors (Lipinski definition) is 3. The average molecular weight is 251 g/mol. The molecule has 0 spiro atoms. The normalized spacial score (nSPS) is 29.8. The fourth-order valence-electron chi connectivity index (χ4n) is 2.95. The van der Waals surface area contributed by atoms with Gasteiger partial charge in [0.2, 0.25) is 0 Å². The van der Waals surface area contributed by atoms with Gasteiger partial charge in [0, 0.05) is 18.6 Å². The van der Waals surface area contributed by atoms with Crippen molar-refractivity contribution in [1.82, 2.24) is 4.90 Å². The van der Waals surface area contributed by atoms with E-state index in [0.717, 1.165) is 25.4 Å². The lowest BCUT2D eigenvalue weighted by Crippen LogP contribution is -2.40. The largest absolute Gasteiger partial charge is 0.393 e. The first-order valence-electron chi connectivity index (χ1n) is 6.78. The first-order valence-corrected chi connectivity index (χ1v) is 7.72. The first-order chi connectivity index (χ1) is 8.33. The molecule has 2 fully saturated rings. The van der Waals surface area contributed by atoms with Gasteiger partial charge in [0.05, 0.1) is 6.10 Å². The van der Waals surface area contributed by atoms with Gasteiger partial charge < -0.3 is 5.11 Å². The molecule has 2 saturated carbocycles. The van der Waals surface area contributed by atoms with Crippen LogP contribution in [0, 0.1) is 0 Å². The quantitative estimate of drug-likeness (QED) is 0.889. The molecule has 1 heterocycles. The lowest BCUT2D eigenvalue weighted by Gasteiger charge is -2.35. The number of aliphatic hydroxyl groups is 1. The van der Waals surface area contributed by atoms with Gasteiger partial charge in [-0.15, -0.1) is 0 Å². The highest BCUT2D eigenvalue weighted by atomic mass is 32.1. The highest BCUT2D eigenvalue weighted by molar-refractivity contribution is 7.07. The molecule has 3 rings (SSSR count). The summed E-state index contributed by atoms with van der Waals surface area (Å²) in [5.41, 5.74) is 1.47. The zero-order valence-corrected chi connectivity index (χ0v) is 11.0. The maximum atomic E-state index is 9.60. The summed E-state index contributed by atoms with van der Waals surface area (Å²) in [4.78, 5) is 2.70. The van der Waals surface area contributed by atoms with Crippen LogP contribution in [-0.4, -0.2) is 28.2 Å². The molecule has 0 unspecified atom stereocenters. The van der Waals surface area contributed by atoms with E-state index in [9.17, 15) is 5.11 Å². The fraction of sp³-hybridized carbons (Fsp3) is 0.714. The number of thiophene rings is 1. The Hall–Kier alpha value is -0.380. The lowest BCUT2D eigenvalue weighted by molar-refractivity contribution is 0.0663. The highest BCUT2D eigenvalue weighted by Gasteiger charge is 2.35. The molecule has 0 atom stereocenters. The minimum atomic E-state index is -0.0338. The Morgan fingerprint density at radius 1 is 1.12 bits per heavy atom. The van der Waals surface area contributed by atoms with Crippen LogP contribution in [-0.2, 0) is 6.54 Å². The van der Waals surface area contributed by atoms with Gasteiger partial charge in [-0.05, 0) is 60.9 Å². The molecule has 0 aromatic carbocycles. The fourth-order valence-corrected chi connectivity index (χ4v) is 3.61. The van der Waals surface area contributed by atoms with Gasteiger partial charge >= 0.3 is 0 Å². The Labute approximate surface area is 107 Å². The predicted octanol–water partition coefficient (Wildman–Crippen LogP) is 3.02. The van der Waals surface area contributed by atoms with Crippen molar-refractivity contribution in [2.24, 2.45) is 0 Å². The molecule has 2 aliphatic rings. The number of aliphatic hydroxyl groups excluding tert-OH is 1. The standard InChI is InChI=1S/C14H21NOS/c16-14-5-3-13(4-6-14)15(12-1-2-12)9-11-7-8-17-10-11/h7-8,10,12-14,16H,1-6,9H2. The molecule has 0 saturated heterocycles. The van der Waals surface area contributed by atoms with Crippen molar-refractivity contribution in [2.75, 3.05) is 0 Å². The summed E-state index contributed by atoms with van der Waals surface area (Å²) in [6.45, 7) is 1.12. The Kier molecular flexibility index (Phi) is 3.50. The van der Waals surface area contributed by atoms with Gasteiger partial charge in [0.15, 0.2) is 0 Å². The third-order valence-electron chi connectivity index (χ3n) is 4.10. The topological polar surface area (TPSA) is 23.5 Å². The van der Waals surface area contributed by atoms with Crippen LogP contribution in [0.1, 0.15) is 44.1 Å². The van der Waals surface area contributed by atoms with E-state index < -0.39 is 0 Å². The van der Waals surface area contributed by atoms with E-state index in [0.29, 0.717) is 6.04 Å². The summed E-state index contributed by atoms with van der Waals surface area (Å²) < 4.78 is 0. The van der Waals surface area contributed by atoms with Crippen molar-refractivity contribution in [1.29, 1.82) is 0 Å². The van der Waals surface area contributed by atoms with Gasteiger partial charge in [-0.3, -0.25) is 4.90 Å². The minimum Gasteiger partial charge on any atom is -0.393 e. The Morgan fingerprint density at radius 2 is 1.76 bits per heavy atom. The van der Waals surface area contributed by atoms with E-state index in [1.165, 1.54) is 31.2 Å². The average Bonchev–Trinajstić information content (AvgIpc) is 3.05. The molecule has 0 bridgehead atoms. The summed E-state index contributed by atoms with van der Waals surface area (Å²) in [5.74, 6) is 0. The van der Waals surface area contributed by atoms with Crippen LogP contribution in [0.15, 0.2) is 16.8 Å². The summed E-state index contributed by atoms with van der Waals surface area (Å²) in [5, 5.41) is 14.0. The summed E-state index contributed by atoms with van der Waals surface area (Å²) in [6.07, 6.45) is 7.08. The third-order valence-corrected chi connectivity index (χ3v) is 4.83. The molecule has 17 heavy (non-hydrogen) atoms. The molecule has 1 N–H and O–H groups in total. The summed E-state index contributed by atoms with van der Waals surface area (Å²) in [6, 6.07) is 3.79. The van der Waals surface area contributed by atoms with Crippen LogP contribution in [0.4, 0.5) is 0 Å². The number of rotatable bonds is 4. The van der Waals surface area contributed by atoms with Crippen molar-refractivity contribution in [2.45, 2.75) is 63.3 Å². The molecule has 0 aliphatic heterocycles. The first kappa shape index (κ1) is 11.7. The summed E-state index contributed by atoms with van der Waals surface area (Å²) >= 11 is 1.79. The zero-order valence-electron chi connectivity index (χ0n) is 10.2. The molecule has 0 radical (unpaired) electrons. The van der Waals surface area contributed by atoms with Crippen LogP contribution in [0.2, 0.25) is 0 Å². The molecule has 2 aliphatic carbocycles. The van der Waals surface area contributed by atoms with E-state index in [4.69, 9.17) is 0 Å². The van der Waals surface area contributed by atoms with Crippen molar-refractivity contribution in [3.8, 4) is 0 Å². The van der Waals surface area contributed by atoms with E-state index in [2.05, 4.69) is 21.7 Å². The van der Waals surface area contributed by atoms with E-state index in [-0.39, 0.29) is 6.10 Å². The van der Waals surface area contributed by atoms with E-state index in [1.54, 1.807) is 11.3 Å². The highest BCUT2D eigenvalue weighted by Crippen LogP contribution is 2.35. The predicted molar refractivity (Wildman–Crippen MR) is 71.1 cm³/mol. The second-order valence-electron chi connectivity index (χ2n) is 5.50. The Morgan fingerprint density at radius 3 is 2.29 bits per heavy atom. The van der Waals surface area contributed by atoms with Gasteiger partial charge in [0.25, 0.3) is 0 Å². The maximum Gasteiger partial charge on any atom is 0.0541 e. The van der Waals surface area contributed by atoms with Crippen LogP contribution < -0.4 is 0 Å². The molecular weight excluding hydrogens is 230 g/mol.